The molecule has 0 aliphatic heterocycles. The number of ether oxygens (including phenoxy) is 1. The number of esters is 1. The molecule has 152 valence electrons. The number of carbonyl (C=O) groups is 1. The van der Waals surface area contributed by atoms with E-state index in [1.54, 1.807) is 6.07 Å². The van der Waals surface area contributed by atoms with Gasteiger partial charge in [-0.05, 0) is 23.3 Å². The van der Waals surface area contributed by atoms with Crippen molar-refractivity contribution in [2.24, 2.45) is 0 Å². The van der Waals surface area contributed by atoms with Gasteiger partial charge in [0, 0.05) is 11.5 Å². The summed E-state index contributed by atoms with van der Waals surface area (Å²) in [5.74, 6) is 0.220. The molecule has 0 unspecified atom stereocenters. The molecule has 0 radical (unpaired) electrons. The molecule has 0 N–H and O–H groups in total. The first kappa shape index (κ1) is 18.9. The first-order valence-corrected chi connectivity index (χ1v) is 9.99. The van der Waals surface area contributed by atoms with E-state index in [0.29, 0.717) is 17.2 Å². The van der Waals surface area contributed by atoms with Crippen LogP contribution in [0, 0.1) is 0 Å². The molecule has 5 aromatic rings. The second-order valence-electron chi connectivity index (χ2n) is 7.19. The van der Waals surface area contributed by atoms with Gasteiger partial charge in [-0.1, -0.05) is 84.0 Å². The van der Waals surface area contributed by atoms with E-state index in [1.807, 2.05) is 91.0 Å². The number of aromatic nitrogens is 1. The van der Waals surface area contributed by atoms with Crippen LogP contribution in [0.25, 0.3) is 22.5 Å². The summed E-state index contributed by atoms with van der Waals surface area (Å²) in [7, 11) is 0. The first-order chi connectivity index (χ1) is 15.3. The third kappa shape index (κ3) is 3.98. The van der Waals surface area contributed by atoms with E-state index in [0.717, 1.165) is 22.1 Å². The molecule has 0 spiro atoms. The predicted molar refractivity (Wildman–Crippen MR) is 116 cm³/mol. The van der Waals surface area contributed by atoms with Gasteiger partial charge in [0.25, 0.3) is 0 Å². The normalized spacial score (nSPS) is 11.1. The van der Waals surface area contributed by atoms with Gasteiger partial charge in [-0.3, -0.25) is 4.79 Å². The summed E-state index contributed by atoms with van der Waals surface area (Å²) in [5.41, 5.74) is 3.04. The highest BCUT2D eigenvalue weighted by Crippen LogP contribution is 2.29. The monoisotopic (exact) mass is 409 g/mol. The second-order valence-corrected chi connectivity index (χ2v) is 7.19. The average molecular weight is 409 g/mol. The number of carbonyl (C=O) groups excluding carboxylic acids is 1. The van der Waals surface area contributed by atoms with E-state index in [2.05, 4.69) is 5.16 Å². The van der Waals surface area contributed by atoms with Crippen molar-refractivity contribution in [3.05, 3.63) is 114 Å². The Hall–Kier alpha value is -4.12. The molecule has 0 amide bonds. The summed E-state index contributed by atoms with van der Waals surface area (Å²) >= 11 is 0. The lowest BCUT2D eigenvalue weighted by molar-refractivity contribution is -0.145. The predicted octanol–water partition coefficient (Wildman–Crippen LogP) is 5.96. The summed E-state index contributed by atoms with van der Waals surface area (Å²) in [6, 6.07) is 30.5. The van der Waals surface area contributed by atoms with Gasteiger partial charge in [-0.15, -0.1) is 0 Å². The standard InChI is InChI=1S/C26H19NO4/c28-26(25(18-9-3-1-4-10-18)19-11-5-2-6-12-19)29-17-21-16-24(31-27-21)23-15-20-13-7-8-14-22(20)30-23/h1-16,25H,17H2. The zero-order chi connectivity index (χ0) is 21.0. The highest BCUT2D eigenvalue weighted by atomic mass is 16.5. The molecule has 0 aliphatic carbocycles. The average Bonchev–Trinajstić information content (AvgIpc) is 3.46. The number of rotatable bonds is 6. The minimum Gasteiger partial charge on any atom is -0.458 e. The van der Waals surface area contributed by atoms with Crippen LogP contribution in [0.4, 0.5) is 0 Å². The lowest BCUT2D eigenvalue weighted by Gasteiger charge is -2.16. The zero-order valence-electron chi connectivity index (χ0n) is 16.6. The molecule has 0 saturated carbocycles. The van der Waals surface area contributed by atoms with Gasteiger partial charge in [0.2, 0.25) is 5.76 Å². The van der Waals surface area contributed by atoms with Gasteiger partial charge < -0.3 is 13.7 Å². The molecule has 0 bridgehead atoms. The molecule has 5 rings (SSSR count). The van der Waals surface area contributed by atoms with Crippen LogP contribution in [0.5, 0.6) is 0 Å². The summed E-state index contributed by atoms with van der Waals surface area (Å²) < 4.78 is 16.8. The van der Waals surface area contributed by atoms with Crippen molar-refractivity contribution >= 4 is 16.9 Å². The summed E-state index contributed by atoms with van der Waals surface area (Å²) in [6.07, 6.45) is 0. The summed E-state index contributed by atoms with van der Waals surface area (Å²) in [5, 5.41) is 5.01. The minimum absolute atomic E-state index is 0.0126. The second kappa shape index (κ2) is 8.32. The first-order valence-electron chi connectivity index (χ1n) is 9.99. The molecule has 2 aromatic heterocycles. The Labute approximate surface area is 178 Å². The maximum Gasteiger partial charge on any atom is 0.318 e. The quantitative estimate of drug-likeness (QED) is 0.324. The van der Waals surface area contributed by atoms with Crippen LogP contribution in [0.15, 0.2) is 106 Å². The van der Waals surface area contributed by atoms with Crippen molar-refractivity contribution in [1.82, 2.24) is 5.16 Å². The topological polar surface area (TPSA) is 65.5 Å². The van der Waals surface area contributed by atoms with E-state index in [1.165, 1.54) is 0 Å². The van der Waals surface area contributed by atoms with E-state index >= 15 is 0 Å². The number of fused-ring (bicyclic) bond motifs is 1. The largest absolute Gasteiger partial charge is 0.458 e. The number of para-hydroxylation sites is 1. The van der Waals surface area contributed by atoms with E-state index in [4.69, 9.17) is 13.7 Å². The van der Waals surface area contributed by atoms with Crippen molar-refractivity contribution in [1.29, 1.82) is 0 Å². The van der Waals surface area contributed by atoms with E-state index in [-0.39, 0.29) is 12.6 Å². The minimum atomic E-state index is -0.510. The SMILES string of the molecule is O=C(OCc1cc(-c2cc3ccccc3o2)on1)C(c1ccccc1)c1ccccc1. The molecule has 2 heterocycles. The third-order valence-corrected chi connectivity index (χ3v) is 5.09. The van der Waals surface area contributed by atoms with Crippen LogP contribution in [0.1, 0.15) is 22.7 Å². The smallest absolute Gasteiger partial charge is 0.318 e. The van der Waals surface area contributed by atoms with Crippen LogP contribution >= 0.6 is 0 Å². The van der Waals surface area contributed by atoms with Gasteiger partial charge in [0.15, 0.2) is 5.76 Å². The molecule has 0 atom stereocenters. The van der Waals surface area contributed by atoms with Gasteiger partial charge in [0.1, 0.15) is 23.8 Å². The molecule has 0 aliphatic rings. The Morgan fingerprint density at radius 3 is 2.13 bits per heavy atom. The Morgan fingerprint density at radius 2 is 1.45 bits per heavy atom. The summed E-state index contributed by atoms with van der Waals surface area (Å²) in [6.45, 7) is 0.0126. The van der Waals surface area contributed by atoms with Crippen LogP contribution < -0.4 is 0 Å². The Bertz CT molecular complexity index is 1230. The highest BCUT2D eigenvalue weighted by Gasteiger charge is 2.24. The van der Waals surface area contributed by atoms with E-state index in [9.17, 15) is 4.79 Å². The molecule has 31 heavy (non-hydrogen) atoms. The number of nitrogens with zero attached hydrogens (tertiary/aromatic N) is 1. The van der Waals surface area contributed by atoms with Crippen molar-refractivity contribution < 1.29 is 18.5 Å². The maximum absolute atomic E-state index is 13.0. The van der Waals surface area contributed by atoms with Crippen LogP contribution in [0.2, 0.25) is 0 Å². The molecule has 0 saturated heterocycles. The van der Waals surface area contributed by atoms with E-state index < -0.39 is 5.92 Å². The number of furan rings is 1. The van der Waals surface area contributed by atoms with Crippen LogP contribution in [0.3, 0.4) is 0 Å². The molecule has 0 fully saturated rings. The zero-order valence-corrected chi connectivity index (χ0v) is 16.6. The van der Waals surface area contributed by atoms with Crippen molar-refractivity contribution in [2.45, 2.75) is 12.5 Å². The molecule has 5 heteroatoms. The fourth-order valence-electron chi connectivity index (χ4n) is 3.58. The number of hydrogen-bond acceptors (Lipinski definition) is 5. The Kier molecular flexibility index (Phi) is 5.07. The number of hydrogen-bond donors (Lipinski definition) is 0. The van der Waals surface area contributed by atoms with Crippen LogP contribution in [-0.2, 0) is 16.1 Å². The van der Waals surface area contributed by atoms with Gasteiger partial charge in [-0.25, -0.2) is 0 Å². The summed E-state index contributed by atoms with van der Waals surface area (Å²) in [4.78, 5) is 13.0. The molecular weight excluding hydrogens is 390 g/mol. The Morgan fingerprint density at radius 1 is 0.806 bits per heavy atom. The Balaban J connectivity index is 1.33. The fraction of sp³-hybridized carbons (Fsp3) is 0.0769. The third-order valence-electron chi connectivity index (χ3n) is 5.09. The molecule has 3 aromatic carbocycles. The molecular formula is C26H19NO4. The lowest BCUT2D eigenvalue weighted by atomic mass is 9.91. The van der Waals surface area contributed by atoms with Gasteiger partial charge >= 0.3 is 5.97 Å². The van der Waals surface area contributed by atoms with Crippen molar-refractivity contribution in [3.8, 4) is 11.5 Å². The molecule has 5 nitrogen and oxygen atoms in total. The van der Waals surface area contributed by atoms with Crippen LogP contribution in [-0.4, -0.2) is 11.1 Å². The maximum atomic E-state index is 13.0. The number of benzene rings is 3. The highest BCUT2D eigenvalue weighted by molar-refractivity contribution is 5.83. The van der Waals surface area contributed by atoms with Crippen molar-refractivity contribution in [3.63, 3.8) is 0 Å². The lowest BCUT2D eigenvalue weighted by Crippen LogP contribution is -2.17. The van der Waals surface area contributed by atoms with Crippen molar-refractivity contribution in [2.75, 3.05) is 0 Å². The van der Waals surface area contributed by atoms with Gasteiger partial charge in [-0.2, -0.15) is 0 Å². The van der Waals surface area contributed by atoms with Gasteiger partial charge in [0.05, 0.1) is 0 Å². The fourth-order valence-corrected chi connectivity index (χ4v) is 3.58.